The van der Waals surface area contributed by atoms with Gasteiger partial charge in [-0.1, -0.05) is 11.6 Å². The van der Waals surface area contributed by atoms with Crippen LogP contribution in [0.4, 0.5) is 17.3 Å². The van der Waals surface area contributed by atoms with Gasteiger partial charge in [0.05, 0.1) is 9.95 Å². The lowest BCUT2D eigenvalue weighted by atomic mass is 10.2. The Hall–Kier alpha value is -2.92. The summed E-state index contributed by atoms with van der Waals surface area (Å²) in [7, 11) is 0. The standard InChI is InChI=1S/C15H13ClN6O2/c16-12-2-4-15(20-13(12)7-17)21-6-5-10(9-21)19-14-3-1-11(8-18-14)22(23)24/h1-4,8,10H,5-6,9H2,(H,18,19)/t10-/m1/s1. The second-order valence-electron chi connectivity index (χ2n) is 5.35. The van der Waals surface area contributed by atoms with Crippen LogP contribution in [0.5, 0.6) is 0 Å². The van der Waals surface area contributed by atoms with Gasteiger partial charge in [0.15, 0.2) is 5.69 Å². The van der Waals surface area contributed by atoms with Crippen LogP contribution in [0.1, 0.15) is 12.1 Å². The van der Waals surface area contributed by atoms with Gasteiger partial charge in [0, 0.05) is 25.2 Å². The molecule has 1 fully saturated rings. The molecule has 0 aromatic carbocycles. The highest BCUT2D eigenvalue weighted by Gasteiger charge is 2.24. The van der Waals surface area contributed by atoms with Crippen LogP contribution in [0.2, 0.25) is 5.02 Å². The molecular formula is C15H13ClN6O2. The number of pyridine rings is 2. The lowest BCUT2D eigenvalue weighted by Gasteiger charge is -2.18. The van der Waals surface area contributed by atoms with Crippen LogP contribution in [-0.4, -0.2) is 34.0 Å². The Balaban J connectivity index is 1.65. The first-order valence-corrected chi connectivity index (χ1v) is 7.63. The largest absolute Gasteiger partial charge is 0.365 e. The molecule has 2 aromatic heterocycles. The second-order valence-corrected chi connectivity index (χ2v) is 5.75. The van der Waals surface area contributed by atoms with Crippen molar-refractivity contribution in [2.75, 3.05) is 23.3 Å². The van der Waals surface area contributed by atoms with Crippen molar-refractivity contribution in [2.24, 2.45) is 0 Å². The summed E-state index contributed by atoms with van der Waals surface area (Å²) in [5.74, 6) is 1.30. The number of nitrogens with one attached hydrogen (secondary N) is 1. The zero-order chi connectivity index (χ0) is 17.1. The summed E-state index contributed by atoms with van der Waals surface area (Å²) in [6.07, 6.45) is 2.10. The molecule has 0 amide bonds. The number of hydrogen-bond donors (Lipinski definition) is 1. The van der Waals surface area contributed by atoms with Crippen molar-refractivity contribution in [2.45, 2.75) is 12.5 Å². The maximum absolute atomic E-state index is 10.6. The average molecular weight is 345 g/mol. The molecule has 24 heavy (non-hydrogen) atoms. The molecule has 0 radical (unpaired) electrons. The average Bonchev–Trinajstić information content (AvgIpc) is 3.04. The van der Waals surface area contributed by atoms with E-state index in [2.05, 4.69) is 20.2 Å². The van der Waals surface area contributed by atoms with E-state index in [1.54, 1.807) is 18.2 Å². The topological polar surface area (TPSA) is 108 Å². The molecule has 2 aromatic rings. The third-order valence-electron chi connectivity index (χ3n) is 3.76. The van der Waals surface area contributed by atoms with Gasteiger partial charge < -0.3 is 10.2 Å². The molecule has 1 saturated heterocycles. The fourth-order valence-corrected chi connectivity index (χ4v) is 2.71. The van der Waals surface area contributed by atoms with Gasteiger partial charge in [-0.15, -0.1) is 0 Å². The SMILES string of the molecule is N#Cc1nc(N2CC[C@@H](Nc3ccc([N+](=O)[O-])cn3)C2)ccc1Cl. The molecule has 0 spiro atoms. The van der Waals surface area contributed by atoms with Crippen LogP contribution >= 0.6 is 11.6 Å². The molecular weight excluding hydrogens is 332 g/mol. The minimum absolute atomic E-state index is 0.0389. The van der Waals surface area contributed by atoms with Crippen molar-refractivity contribution in [3.05, 3.63) is 51.3 Å². The number of nitriles is 1. The maximum atomic E-state index is 10.6. The van der Waals surface area contributed by atoms with Gasteiger partial charge in [0.25, 0.3) is 5.69 Å². The Morgan fingerprint density at radius 2 is 2.25 bits per heavy atom. The first kappa shape index (κ1) is 16.0. The summed E-state index contributed by atoms with van der Waals surface area (Å²) in [6, 6.07) is 8.58. The first-order chi connectivity index (χ1) is 11.6. The third kappa shape index (κ3) is 3.36. The number of nitrogens with zero attached hydrogens (tertiary/aromatic N) is 5. The summed E-state index contributed by atoms with van der Waals surface area (Å²) in [4.78, 5) is 20.5. The van der Waals surface area contributed by atoms with E-state index in [-0.39, 0.29) is 17.4 Å². The van der Waals surface area contributed by atoms with Crippen molar-refractivity contribution in [3.63, 3.8) is 0 Å². The van der Waals surface area contributed by atoms with Crippen molar-refractivity contribution in [1.29, 1.82) is 5.26 Å². The Labute approximate surface area is 142 Å². The number of hydrogen-bond acceptors (Lipinski definition) is 7. The van der Waals surface area contributed by atoms with E-state index in [4.69, 9.17) is 16.9 Å². The highest BCUT2D eigenvalue weighted by atomic mass is 35.5. The fourth-order valence-electron chi connectivity index (χ4n) is 2.56. The number of halogens is 1. The van der Waals surface area contributed by atoms with E-state index in [9.17, 15) is 10.1 Å². The molecule has 1 aliphatic rings. The lowest BCUT2D eigenvalue weighted by Crippen LogP contribution is -2.27. The summed E-state index contributed by atoms with van der Waals surface area (Å²) in [5, 5.41) is 23.2. The van der Waals surface area contributed by atoms with E-state index in [0.717, 1.165) is 13.0 Å². The first-order valence-electron chi connectivity index (χ1n) is 7.25. The molecule has 122 valence electrons. The number of rotatable bonds is 4. The van der Waals surface area contributed by atoms with E-state index >= 15 is 0 Å². The van der Waals surface area contributed by atoms with Crippen LogP contribution < -0.4 is 10.2 Å². The van der Waals surface area contributed by atoms with Gasteiger partial charge in [-0.05, 0) is 24.6 Å². The summed E-state index contributed by atoms with van der Waals surface area (Å²) in [5.41, 5.74) is 0.172. The number of anilines is 2. The van der Waals surface area contributed by atoms with Gasteiger partial charge in [-0.25, -0.2) is 9.97 Å². The zero-order valence-electron chi connectivity index (χ0n) is 12.5. The van der Waals surface area contributed by atoms with Crippen LogP contribution in [0.25, 0.3) is 0 Å². The van der Waals surface area contributed by atoms with Crippen LogP contribution in [0, 0.1) is 21.4 Å². The molecule has 8 nitrogen and oxygen atoms in total. The number of aromatic nitrogens is 2. The Kier molecular flexibility index (Phi) is 4.44. The van der Waals surface area contributed by atoms with E-state index in [1.807, 2.05) is 6.07 Å². The molecule has 0 unspecified atom stereocenters. The summed E-state index contributed by atoms with van der Waals surface area (Å²) in [6.45, 7) is 1.47. The Bertz CT molecular complexity index is 805. The zero-order valence-corrected chi connectivity index (χ0v) is 13.3. The molecule has 0 saturated carbocycles. The minimum Gasteiger partial charge on any atom is -0.365 e. The van der Waals surface area contributed by atoms with E-state index in [0.29, 0.717) is 23.2 Å². The maximum Gasteiger partial charge on any atom is 0.287 e. The molecule has 0 aliphatic carbocycles. The molecule has 1 atom stereocenters. The molecule has 9 heteroatoms. The van der Waals surface area contributed by atoms with Crippen LogP contribution in [0.15, 0.2) is 30.5 Å². The van der Waals surface area contributed by atoms with Crippen molar-refractivity contribution >= 4 is 28.9 Å². The second kappa shape index (κ2) is 6.68. The Morgan fingerprint density at radius 1 is 1.42 bits per heavy atom. The predicted molar refractivity (Wildman–Crippen MR) is 89.1 cm³/mol. The fraction of sp³-hybridized carbons (Fsp3) is 0.267. The van der Waals surface area contributed by atoms with Gasteiger partial charge in [-0.2, -0.15) is 5.26 Å². The highest BCUT2D eigenvalue weighted by Crippen LogP contribution is 2.23. The van der Waals surface area contributed by atoms with Gasteiger partial charge in [0.2, 0.25) is 0 Å². The van der Waals surface area contributed by atoms with Crippen molar-refractivity contribution in [1.82, 2.24) is 9.97 Å². The van der Waals surface area contributed by atoms with Gasteiger partial charge in [0.1, 0.15) is 23.9 Å². The molecule has 1 aliphatic heterocycles. The third-order valence-corrected chi connectivity index (χ3v) is 4.07. The number of nitro groups is 1. The monoisotopic (exact) mass is 344 g/mol. The lowest BCUT2D eigenvalue weighted by molar-refractivity contribution is -0.385. The quantitative estimate of drug-likeness (QED) is 0.670. The minimum atomic E-state index is -0.479. The molecule has 0 bridgehead atoms. The normalized spacial score (nSPS) is 16.7. The smallest absolute Gasteiger partial charge is 0.287 e. The molecule has 3 heterocycles. The Morgan fingerprint density at radius 3 is 2.92 bits per heavy atom. The highest BCUT2D eigenvalue weighted by molar-refractivity contribution is 6.31. The van der Waals surface area contributed by atoms with Gasteiger partial charge in [-0.3, -0.25) is 10.1 Å². The molecule has 3 rings (SSSR count). The van der Waals surface area contributed by atoms with E-state index in [1.165, 1.54) is 12.3 Å². The summed E-state index contributed by atoms with van der Waals surface area (Å²) >= 11 is 5.90. The van der Waals surface area contributed by atoms with Crippen molar-refractivity contribution in [3.8, 4) is 6.07 Å². The van der Waals surface area contributed by atoms with Gasteiger partial charge >= 0.3 is 0 Å². The predicted octanol–water partition coefficient (Wildman–Crippen LogP) is 2.60. The summed E-state index contributed by atoms with van der Waals surface area (Å²) < 4.78 is 0. The van der Waals surface area contributed by atoms with E-state index < -0.39 is 4.92 Å². The van der Waals surface area contributed by atoms with Crippen molar-refractivity contribution < 1.29 is 4.92 Å². The van der Waals surface area contributed by atoms with Crippen LogP contribution in [-0.2, 0) is 0 Å². The molecule has 1 N–H and O–H groups in total. The van der Waals surface area contributed by atoms with Crippen LogP contribution in [0.3, 0.4) is 0 Å².